The zero-order valence-corrected chi connectivity index (χ0v) is 28.3. The molecule has 0 aromatic heterocycles. The van der Waals surface area contributed by atoms with Gasteiger partial charge in [-0.25, -0.2) is 15.0 Å². The molecule has 1 saturated heterocycles. The van der Waals surface area contributed by atoms with Crippen LogP contribution in [0.5, 0.6) is 0 Å². The first kappa shape index (κ1) is 30.9. The average Bonchev–Trinajstić information content (AvgIpc) is 3.83. The van der Waals surface area contributed by atoms with E-state index >= 15 is 0 Å². The molecule has 5 aliphatic heterocycles. The first-order valence-electron chi connectivity index (χ1n) is 16.8. The van der Waals surface area contributed by atoms with E-state index in [2.05, 4.69) is 76.4 Å². The van der Waals surface area contributed by atoms with Crippen LogP contribution in [0, 0.1) is 11.8 Å². The zero-order valence-electron chi connectivity index (χ0n) is 28.3. The van der Waals surface area contributed by atoms with Crippen LogP contribution in [0.2, 0.25) is 0 Å². The predicted octanol–water partition coefficient (Wildman–Crippen LogP) is 8.55. The van der Waals surface area contributed by atoms with E-state index in [1.165, 1.54) is 18.3 Å². The molecule has 7 rings (SSSR count). The summed E-state index contributed by atoms with van der Waals surface area (Å²) in [5, 5.41) is 15.1. The molecule has 1 aromatic carbocycles. The minimum absolute atomic E-state index is 0.0225. The lowest BCUT2D eigenvalue weighted by molar-refractivity contribution is -0.140. The van der Waals surface area contributed by atoms with Crippen LogP contribution in [0.25, 0.3) is 5.57 Å². The van der Waals surface area contributed by atoms with Gasteiger partial charge in [-0.1, -0.05) is 51.1 Å². The van der Waals surface area contributed by atoms with Gasteiger partial charge in [-0.3, -0.25) is 4.79 Å². The lowest BCUT2D eigenvalue weighted by Gasteiger charge is -2.17. The number of nitrogens with zero attached hydrogens (tertiary/aromatic N) is 3. The third-order valence-electron chi connectivity index (χ3n) is 10.6. The van der Waals surface area contributed by atoms with Crippen LogP contribution in [0.1, 0.15) is 79.2 Å². The van der Waals surface area contributed by atoms with Gasteiger partial charge in [-0.2, -0.15) is 0 Å². The number of esters is 1. The van der Waals surface area contributed by atoms with Crippen LogP contribution in [-0.4, -0.2) is 35.3 Å². The summed E-state index contributed by atoms with van der Waals surface area (Å²) in [5.74, 6) is 0.215. The van der Waals surface area contributed by atoms with Gasteiger partial charge in [-0.05, 0) is 85.6 Å². The Labute approximate surface area is 277 Å². The number of hydrogen-bond acceptors (Lipinski definition) is 7. The molecule has 6 aliphatic rings. The normalized spacial score (nSPS) is 23.5. The van der Waals surface area contributed by atoms with Crippen molar-refractivity contribution in [1.29, 1.82) is 0 Å². The maximum Gasteiger partial charge on any atom is 0.305 e. The van der Waals surface area contributed by atoms with Gasteiger partial charge in [0.25, 0.3) is 0 Å². The summed E-state index contributed by atoms with van der Waals surface area (Å²) in [7, 11) is 1.43. The highest BCUT2D eigenvalue weighted by Crippen LogP contribution is 2.47. The Hall–Kier alpha value is -4.78. The number of nitrogens with one attached hydrogen (secondary N) is 1. The topological polar surface area (TPSA) is 95.6 Å². The largest absolute Gasteiger partial charge is 0.511 e. The molecule has 240 valence electrons. The van der Waals surface area contributed by atoms with E-state index in [1.807, 2.05) is 13.0 Å². The number of allylic oxidation sites excluding steroid dienone is 12. The molecule has 1 fully saturated rings. The van der Waals surface area contributed by atoms with Crippen molar-refractivity contribution in [3.05, 3.63) is 121 Å². The molecule has 0 radical (unpaired) electrons. The molecule has 1 aliphatic carbocycles. The number of hydrogen-bond donors (Lipinski definition) is 2. The predicted molar refractivity (Wildman–Crippen MR) is 189 cm³/mol. The Balaban J connectivity index is 1.53. The zero-order chi connectivity index (χ0) is 33.1. The summed E-state index contributed by atoms with van der Waals surface area (Å²) < 4.78 is 5.03. The van der Waals surface area contributed by atoms with E-state index in [0.717, 1.165) is 97.5 Å². The van der Waals surface area contributed by atoms with Crippen LogP contribution < -0.4 is 5.32 Å². The molecule has 0 spiro atoms. The number of aliphatic imine (C=N–C) groups is 3. The van der Waals surface area contributed by atoms with Gasteiger partial charge >= 0.3 is 5.97 Å². The summed E-state index contributed by atoms with van der Waals surface area (Å²) in [5.41, 5.74) is 17.1. The van der Waals surface area contributed by atoms with E-state index in [9.17, 15) is 9.90 Å². The maximum atomic E-state index is 12.3. The monoisotopic (exact) mass is 626 g/mol. The Morgan fingerprint density at radius 1 is 0.936 bits per heavy atom. The van der Waals surface area contributed by atoms with Crippen molar-refractivity contribution >= 4 is 28.7 Å². The van der Waals surface area contributed by atoms with Gasteiger partial charge < -0.3 is 15.2 Å². The van der Waals surface area contributed by atoms with Gasteiger partial charge in [0.1, 0.15) is 5.76 Å². The SMILES string of the molecule is CCC1=C(C)C2=NC1=CC1=C(C)C3=C(O)CC(=C4NC(=CC5=NC(=C2c2ccccc2)C(CC)=C5C)[C@@H](C)[C@@H]4CCC(=O)OC)C3=N1. The highest BCUT2D eigenvalue weighted by atomic mass is 16.5. The summed E-state index contributed by atoms with van der Waals surface area (Å²) in [6, 6.07) is 10.5. The third-order valence-corrected chi connectivity index (χ3v) is 10.6. The minimum Gasteiger partial charge on any atom is -0.511 e. The van der Waals surface area contributed by atoms with E-state index in [0.29, 0.717) is 25.0 Å². The van der Waals surface area contributed by atoms with E-state index in [1.54, 1.807) is 0 Å². The molecule has 7 nitrogen and oxygen atoms in total. The Bertz CT molecular complexity index is 1990. The van der Waals surface area contributed by atoms with Crippen LogP contribution in [-0.2, 0) is 9.53 Å². The van der Waals surface area contributed by atoms with Crippen LogP contribution in [0.3, 0.4) is 0 Å². The van der Waals surface area contributed by atoms with Crippen molar-refractivity contribution in [2.45, 2.75) is 73.6 Å². The lowest BCUT2D eigenvalue weighted by Crippen LogP contribution is -2.16. The fourth-order valence-electron chi connectivity index (χ4n) is 7.97. The maximum absolute atomic E-state index is 12.3. The Morgan fingerprint density at radius 2 is 1.68 bits per heavy atom. The Morgan fingerprint density at radius 3 is 2.38 bits per heavy atom. The summed E-state index contributed by atoms with van der Waals surface area (Å²) in [6.45, 7) is 13.0. The highest BCUT2D eigenvalue weighted by Gasteiger charge is 2.41. The van der Waals surface area contributed by atoms with Gasteiger partial charge in [0.2, 0.25) is 0 Å². The smallest absolute Gasteiger partial charge is 0.305 e. The number of rotatable bonds is 6. The molecule has 0 amide bonds. The molecule has 0 unspecified atom stereocenters. The van der Waals surface area contributed by atoms with E-state index < -0.39 is 0 Å². The molecule has 5 heterocycles. The first-order chi connectivity index (χ1) is 22.7. The van der Waals surface area contributed by atoms with Crippen molar-refractivity contribution in [3.63, 3.8) is 0 Å². The number of carbonyl (C=O) groups excluding carboxylic acids is 1. The third kappa shape index (κ3) is 4.86. The van der Waals surface area contributed by atoms with Crippen molar-refractivity contribution in [1.82, 2.24) is 5.32 Å². The average molecular weight is 627 g/mol. The number of fused-ring (bicyclic) bond motifs is 5. The molecule has 2 atom stereocenters. The van der Waals surface area contributed by atoms with Gasteiger partial charge in [0.05, 0.1) is 41.3 Å². The minimum atomic E-state index is -0.226. The van der Waals surface area contributed by atoms with Crippen molar-refractivity contribution in [3.8, 4) is 0 Å². The summed E-state index contributed by atoms with van der Waals surface area (Å²) in [6.07, 6.45) is 7.28. The second-order valence-corrected chi connectivity index (χ2v) is 13.1. The standard InChI is InChI=1S/C40H42N4O3/c1-8-25-22(5)37-36(24-13-11-10-12-14-24)39-26(9-2)20(3)29(42-39)18-30-21(4)27(15-16-34(46)47-7)38(41-30)28-17-33(45)35-23(6)31(43-40(28)35)19-32(25)44-37/h10-14,18-19,21,27,41,45H,8-9,15-17H2,1-7H3/t21-,27-/m0/s1. The summed E-state index contributed by atoms with van der Waals surface area (Å²) >= 11 is 0. The molecule has 47 heavy (non-hydrogen) atoms. The number of aliphatic hydroxyl groups is 1. The van der Waals surface area contributed by atoms with Crippen LogP contribution in [0.4, 0.5) is 0 Å². The van der Waals surface area contributed by atoms with Crippen LogP contribution in [0.15, 0.2) is 131 Å². The second-order valence-electron chi connectivity index (χ2n) is 13.1. The van der Waals surface area contributed by atoms with Gasteiger partial charge in [0, 0.05) is 52.8 Å². The molecule has 8 bridgehead atoms. The molecule has 0 saturated carbocycles. The number of methoxy groups -OCH3 is 1. The quantitative estimate of drug-likeness (QED) is 0.309. The molecular formula is C40H42N4O3. The van der Waals surface area contributed by atoms with Gasteiger partial charge in [0.15, 0.2) is 0 Å². The Kier molecular flexibility index (Phi) is 7.74. The van der Waals surface area contributed by atoms with Crippen molar-refractivity contribution < 1.29 is 14.6 Å². The number of ether oxygens (including phenoxy) is 1. The fourth-order valence-corrected chi connectivity index (χ4v) is 7.97. The van der Waals surface area contributed by atoms with Crippen molar-refractivity contribution in [2.75, 3.05) is 7.11 Å². The van der Waals surface area contributed by atoms with Crippen LogP contribution >= 0.6 is 0 Å². The van der Waals surface area contributed by atoms with Gasteiger partial charge in [-0.15, -0.1) is 0 Å². The number of benzene rings is 1. The highest BCUT2D eigenvalue weighted by molar-refractivity contribution is 6.35. The number of carbonyl (C=O) groups is 1. The molecular weight excluding hydrogens is 584 g/mol. The number of aliphatic hydroxyl groups excluding tert-OH is 1. The lowest BCUT2D eigenvalue weighted by atomic mass is 9.86. The molecule has 1 aromatic rings. The molecule has 2 N–H and O–H groups in total. The summed E-state index contributed by atoms with van der Waals surface area (Å²) in [4.78, 5) is 28.3. The van der Waals surface area contributed by atoms with Crippen molar-refractivity contribution in [2.24, 2.45) is 26.8 Å². The van der Waals surface area contributed by atoms with E-state index in [4.69, 9.17) is 19.7 Å². The second kappa shape index (κ2) is 11.8. The van der Waals surface area contributed by atoms with E-state index in [-0.39, 0.29) is 17.8 Å². The first-order valence-corrected chi connectivity index (χ1v) is 16.8. The fraction of sp³-hybridized carbons (Fsp3) is 0.350. The molecule has 7 heteroatoms.